The van der Waals surface area contributed by atoms with Crippen LogP contribution in [0.4, 0.5) is 0 Å². The molecule has 1 heterocycles. The van der Waals surface area contributed by atoms with Gasteiger partial charge < -0.3 is 9.64 Å². The predicted molar refractivity (Wildman–Crippen MR) is 71.1 cm³/mol. The van der Waals surface area contributed by atoms with Gasteiger partial charge in [-0.1, -0.05) is 6.92 Å². The largest absolute Gasteiger partial charge is 0.469 e. The van der Waals surface area contributed by atoms with Crippen molar-refractivity contribution in [3.63, 3.8) is 0 Å². The second-order valence-corrected chi connectivity index (χ2v) is 4.36. The first-order valence-corrected chi connectivity index (χ1v) is 5.94. The normalized spacial score (nSPS) is 12.4. The lowest BCUT2D eigenvalue weighted by atomic mass is 10.2. The van der Waals surface area contributed by atoms with Crippen molar-refractivity contribution in [2.45, 2.75) is 6.92 Å². The Balaban J connectivity index is 2.56. The third-order valence-corrected chi connectivity index (χ3v) is 2.78. The van der Waals surface area contributed by atoms with Crippen LogP contribution in [0.5, 0.6) is 0 Å². The van der Waals surface area contributed by atoms with Crippen LogP contribution in [-0.4, -0.2) is 47.3 Å². The van der Waals surface area contributed by atoms with E-state index in [9.17, 15) is 9.59 Å². The lowest BCUT2D eigenvalue weighted by Gasteiger charge is -2.18. The molecule has 0 aliphatic heterocycles. The van der Waals surface area contributed by atoms with Gasteiger partial charge >= 0.3 is 5.97 Å². The topological polar surface area (TPSA) is 64.4 Å². The maximum Gasteiger partial charge on any atom is 0.310 e. The van der Waals surface area contributed by atoms with Gasteiger partial charge in [0.1, 0.15) is 0 Å². The standard InChI is InChI=1S/C13H19N3O3/c1-10(13(18)19-4)9-15(2)12(17)6-5-11-7-8-14-16(11)3/h5-8,10H,9H2,1-4H3/b6-5+. The van der Waals surface area contributed by atoms with Crippen LogP contribution in [0.25, 0.3) is 6.08 Å². The number of aromatic nitrogens is 2. The fourth-order valence-corrected chi connectivity index (χ4v) is 1.61. The average molecular weight is 265 g/mol. The summed E-state index contributed by atoms with van der Waals surface area (Å²) in [5.41, 5.74) is 0.836. The highest BCUT2D eigenvalue weighted by molar-refractivity contribution is 5.91. The zero-order chi connectivity index (χ0) is 14.4. The summed E-state index contributed by atoms with van der Waals surface area (Å²) in [7, 11) is 4.78. The third kappa shape index (κ3) is 4.24. The number of ether oxygens (including phenoxy) is 1. The number of methoxy groups -OCH3 is 1. The first-order valence-electron chi connectivity index (χ1n) is 5.94. The van der Waals surface area contributed by atoms with Crippen molar-refractivity contribution in [1.82, 2.24) is 14.7 Å². The lowest BCUT2D eigenvalue weighted by molar-refractivity contribution is -0.145. The van der Waals surface area contributed by atoms with E-state index in [1.165, 1.54) is 18.1 Å². The molecule has 1 unspecified atom stereocenters. The van der Waals surface area contributed by atoms with Crippen LogP contribution >= 0.6 is 0 Å². The second-order valence-electron chi connectivity index (χ2n) is 4.36. The highest BCUT2D eigenvalue weighted by Gasteiger charge is 2.17. The van der Waals surface area contributed by atoms with E-state index >= 15 is 0 Å². The van der Waals surface area contributed by atoms with Crippen molar-refractivity contribution in [3.8, 4) is 0 Å². The molecule has 0 spiro atoms. The van der Waals surface area contributed by atoms with Gasteiger partial charge in [0.05, 0.1) is 18.7 Å². The van der Waals surface area contributed by atoms with E-state index in [-0.39, 0.29) is 17.8 Å². The summed E-state index contributed by atoms with van der Waals surface area (Å²) >= 11 is 0. The number of aryl methyl sites for hydroxylation is 1. The van der Waals surface area contributed by atoms with Crippen LogP contribution in [0.1, 0.15) is 12.6 Å². The van der Waals surface area contributed by atoms with E-state index in [4.69, 9.17) is 0 Å². The molecular weight excluding hydrogens is 246 g/mol. The molecule has 1 atom stereocenters. The Bertz CT molecular complexity index is 479. The molecule has 0 fully saturated rings. The molecule has 6 nitrogen and oxygen atoms in total. The second kappa shape index (κ2) is 6.72. The van der Waals surface area contributed by atoms with Crippen LogP contribution in [0.3, 0.4) is 0 Å². The first-order chi connectivity index (χ1) is 8.95. The minimum absolute atomic E-state index is 0.169. The zero-order valence-electron chi connectivity index (χ0n) is 11.7. The maximum atomic E-state index is 11.9. The zero-order valence-corrected chi connectivity index (χ0v) is 11.7. The number of hydrogen-bond donors (Lipinski definition) is 0. The van der Waals surface area contributed by atoms with E-state index in [2.05, 4.69) is 9.84 Å². The molecule has 6 heteroatoms. The van der Waals surface area contributed by atoms with Crippen LogP contribution in [-0.2, 0) is 21.4 Å². The summed E-state index contributed by atoms with van der Waals surface area (Å²) in [4.78, 5) is 24.6. The minimum atomic E-state index is -0.343. The molecule has 1 amide bonds. The van der Waals surface area contributed by atoms with E-state index in [0.717, 1.165) is 5.69 Å². The number of carbonyl (C=O) groups excluding carboxylic acids is 2. The number of hydrogen-bond acceptors (Lipinski definition) is 4. The fraction of sp³-hybridized carbons (Fsp3) is 0.462. The summed E-state index contributed by atoms with van der Waals surface area (Å²) in [5.74, 6) is -0.837. The number of rotatable bonds is 5. The minimum Gasteiger partial charge on any atom is -0.469 e. The Kier molecular flexibility index (Phi) is 5.29. The number of amides is 1. The van der Waals surface area contributed by atoms with Gasteiger partial charge in [-0.25, -0.2) is 0 Å². The molecular formula is C13H19N3O3. The summed E-state index contributed by atoms with van der Waals surface area (Å²) < 4.78 is 6.29. The van der Waals surface area contributed by atoms with Crippen LogP contribution in [0, 0.1) is 5.92 Å². The van der Waals surface area contributed by atoms with Gasteiger partial charge in [0, 0.05) is 32.9 Å². The van der Waals surface area contributed by atoms with E-state index in [1.807, 2.05) is 0 Å². The summed E-state index contributed by atoms with van der Waals surface area (Å²) in [6.45, 7) is 2.04. The molecule has 0 bridgehead atoms. The molecule has 0 N–H and O–H groups in total. The molecule has 0 radical (unpaired) electrons. The number of carbonyl (C=O) groups is 2. The smallest absolute Gasteiger partial charge is 0.310 e. The Morgan fingerprint density at radius 3 is 2.79 bits per heavy atom. The van der Waals surface area contributed by atoms with Crippen molar-refractivity contribution in [1.29, 1.82) is 0 Å². The first kappa shape index (κ1) is 14.9. The van der Waals surface area contributed by atoms with Crippen molar-refractivity contribution in [3.05, 3.63) is 24.0 Å². The Morgan fingerprint density at radius 1 is 1.58 bits per heavy atom. The molecule has 0 aliphatic rings. The van der Waals surface area contributed by atoms with Crippen LogP contribution < -0.4 is 0 Å². The van der Waals surface area contributed by atoms with Crippen LogP contribution in [0.2, 0.25) is 0 Å². The molecule has 0 aliphatic carbocycles. The number of nitrogens with zero attached hydrogens (tertiary/aromatic N) is 3. The Labute approximate surface area is 112 Å². The Morgan fingerprint density at radius 2 is 2.26 bits per heavy atom. The van der Waals surface area contributed by atoms with Crippen molar-refractivity contribution in [2.24, 2.45) is 13.0 Å². The van der Waals surface area contributed by atoms with Gasteiger partial charge in [-0.2, -0.15) is 5.10 Å². The highest BCUT2D eigenvalue weighted by Crippen LogP contribution is 2.03. The summed E-state index contributed by atoms with van der Waals surface area (Å²) in [5, 5.41) is 4.00. The molecule has 0 aromatic carbocycles. The SMILES string of the molecule is COC(=O)C(C)CN(C)C(=O)/C=C/c1ccnn1C. The van der Waals surface area contributed by atoms with Gasteiger partial charge in [0.15, 0.2) is 0 Å². The van der Waals surface area contributed by atoms with Crippen molar-refractivity contribution >= 4 is 18.0 Å². The Hall–Kier alpha value is -2.11. The van der Waals surface area contributed by atoms with E-state index in [0.29, 0.717) is 6.54 Å². The number of likely N-dealkylation sites (N-methyl/N-ethyl adjacent to an activating group) is 1. The fourth-order valence-electron chi connectivity index (χ4n) is 1.61. The molecule has 0 saturated carbocycles. The van der Waals surface area contributed by atoms with Gasteiger partial charge in [-0.3, -0.25) is 14.3 Å². The van der Waals surface area contributed by atoms with Crippen molar-refractivity contribution in [2.75, 3.05) is 20.7 Å². The highest BCUT2D eigenvalue weighted by atomic mass is 16.5. The molecule has 0 saturated heterocycles. The van der Waals surface area contributed by atoms with Gasteiger partial charge in [0.2, 0.25) is 5.91 Å². The van der Waals surface area contributed by atoms with Gasteiger partial charge in [-0.05, 0) is 12.1 Å². The number of esters is 1. The molecule has 1 rings (SSSR count). The molecule has 19 heavy (non-hydrogen) atoms. The maximum absolute atomic E-state index is 11.9. The molecule has 1 aromatic heterocycles. The van der Waals surface area contributed by atoms with Gasteiger partial charge in [0.25, 0.3) is 0 Å². The van der Waals surface area contributed by atoms with Crippen molar-refractivity contribution < 1.29 is 14.3 Å². The monoisotopic (exact) mass is 265 g/mol. The molecule has 104 valence electrons. The summed E-state index contributed by atoms with van der Waals surface area (Å²) in [6, 6.07) is 1.81. The van der Waals surface area contributed by atoms with E-state index < -0.39 is 0 Å². The quantitative estimate of drug-likeness (QED) is 0.580. The van der Waals surface area contributed by atoms with E-state index in [1.54, 1.807) is 44.0 Å². The average Bonchev–Trinajstić information content (AvgIpc) is 2.80. The van der Waals surface area contributed by atoms with Crippen LogP contribution in [0.15, 0.2) is 18.3 Å². The lowest BCUT2D eigenvalue weighted by Crippen LogP contribution is -2.33. The third-order valence-electron chi connectivity index (χ3n) is 2.78. The van der Waals surface area contributed by atoms with Gasteiger partial charge in [-0.15, -0.1) is 0 Å². The predicted octanol–water partition coefficient (Wildman–Crippen LogP) is 0.701. The summed E-state index contributed by atoms with van der Waals surface area (Å²) in [6.07, 6.45) is 4.81. The molecule has 1 aromatic rings.